The van der Waals surface area contributed by atoms with Crippen molar-refractivity contribution < 1.29 is 77.5 Å². The number of carbonyl (C=O) groups is 11. The Morgan fingerprint density at radius 1 is 0.474 bits per heavy atom. The molecule has 28 nitrogen and oxygen atoms in total. The van der Waals surface area contributed by atoms with E-state index in [1.54, 1.807) is 41.5 Å². The summed E-state index contributed by atoms with van der Waals surface area (Å²) in [6.45, 7) is 32.0. The molecule has 2 fully saturated rings. The van der Waals surface area contributed by atoms with E-state index >= 15 is 24.0 Å². The zero-order chi connectivity index (χ0) is 74.5. The van der Waals surface area contributed by atoms with E-state index in [0.717, 1.165) is 40.8 Å². The van der Waals surface area contributed by atoms with Crippen LogP contribution in [0.1, 0.15) is 163 Å². The van der Waals surface area contributed by atoms with E-state index in [2.05, 4.69) is 26.2 Å². The van der Waals surface area contributed by atoms with Crippen molar-refractivity contribution in [2.24, 2.45) is 35.5 Å². The highest BCUT2D eigenvalue weighted by Crippen LogP contribution is 2.27. The maximum atomic E-state index is 15.3. The number of rotatable bonds is 21. The second kappa shape index (κ2) is 40.2. The van der Waals surface area contributed by atoms with Crippen molar-refractivity contribution in [1.82, 2.24) is 60.5 Å². The standard InChI is InChI=1S/C69H126N12O16/c1-25-49-65(91)74(18)46(15)64(90)79(23)56(48(17)97-31-27-26-28-81-29-32-96-33-30-81)61(87)73-54(41(8)9)68(94)75(19)50(34-38(2)3)60(86)70-44(13)59(85)71-45(14)63(89)76(20)51(35-39(4)5)66(92)77(21)52(36-40(6)7)67(93)78(22)55(42(10)11)69(95)80(24)57(62(88)72-49)58(84)43(12)37-53(83)47(16)82/h38-58,82-84H,25-37H2,1-24H3,(H,70,86)(H,71,85)(H,72,88)(H,73,87)/t43-,44+,45-,46-,47?,48-,49+,50+,51+,52+,53?,54+,55+,56+,57+,58-/m1/s1. The second-order valence-electron chi connectivity index (χ2n) is 29.2. The van der Waals surface area contributed by atoms with Crippen molar-refractivity contribution in [1.29, 1.82) is 0 Å². The van der Waals surface area contributed by atoms with Gasteiger partial charge in [-0.3, -0.25) is 57.6 Å². The van der Waals surface area contributed by atoms with E-state index in [1.165, 1.54) is 104 Å². The fourth-order valence-electron chi connectivity index (χ4n) is 12.5. The van der Waals surface area contributed by atoms with Crippen LogP contribution in [-0.4, -0.2) is 299 Å². The third kappa shape index (κ3) is 24.7. The van der Waals surface area contributed by atoms with Gasteiger partial charge in [0.1, 0.15) is 66.5 Å². The lowest BCUT2D eigenvalue weighted by molar-refractivity contribution is -0.158. The predicted molar refractivity (Wildman–Crippen MR) is 368 cm³/mol. The normalized spacial score (nSPS) is 27.9. The van der Waals surface area contributed by atoms with E-state index in [1.807, 2.05) is 41.5 Å². The average Bonchev–Trinajstić information content (AvgIpc) is 0.811. The molecule has 28 heteroatoms. The maximum absolute atomic E-state index is 15.3. The van der Waals surface area contributed by atoms with Crippen LogP contribution in [0.25, 0.3) is 0 Å². The van der Waals surface area contributed by atoms with Gasteiger partial charge in [0, 0.05) is 69.0 Å². The molecule has 558 valence electrons. The van der Waals surface area contributed by atoms with Gasteiger partial charge in [-0.05, 0) is 122 Å². The number of nitrogens with zero attached hydrogens (tertiary/aromatic N) is 8. The Labute approximate surface area is 578 Å². The van der Waals surface area contributed by atoms with Crippen LogP contribution in [0, 0.1) is 35.5 Å². The first-order valence-corrected chi connectivity index (χ1v) is 35.0. The number of hydrogen-bond acceptors (Lipinski definition) is 17. The third-order valence-corrected chi connectivity index (χ3v) is 19.0. The minimum atomic E-state index is -1.82. The van der Waals surface area contributed by atoms with Gasteiger partial charge in [0.15, 0.2) is 0 Å². The molecule has 2 unspecified atom stereocenters. The van der Waals surface area contributed by atoms with E-state index in [0.29, 0.717) is 19.6 Å². The summed E-state index contributed by atoms with van der Waals surface area (Å²) in [5, 5.41) is 44.4. The first-order valence-electron chi connectivity index (χ1n) is 35.0. The number of carbonyl (C=O) groups excluding carboxylic acids is 11. The fourth-order valence-corrected chi connectivity index (χ4v) is 12.5. The van der Waals surface area contributed by atoms with Crippen LogP contribution >= 0.6 is 0 Å². The van der Waals surface area contributed by atoms with Gasteiger partial charge in [0.25, 0.3) is 0 Å². The van der Waals surface area contributed by atoms with Crippen LogP contribution in [0.3, 0.4) is 0 Å². The number of morpholine rings is 1. The van der Waals surface area contributed by atoms with Crippen molar-refractivity contribution >= 4 is 65.0 Å². The molecule has 0 aromatic carbocycles. The zero-order valence-corrected chi connectivity index (χ0v) is 63.0. The van der Waals surface area contributed by atoms with Gasteiger partial charge in [-0.1, -0.05) is 83.1 Å². The Bertz CT molecular complexity index is 2600. The number of hydrogen-bond donors (Lipinski definition) is 7. The van der Waals surface area contributed by atoms with Crippen LogP contribution in [0.4, 0.5) is 0 Å². The van der Waals surface area contributed by atoms with Crippen LogP contribution in [-0.2, 0) is 62.2 Å². The Kier molecular flexibility index (Phi) is 36.1. The molecule has 11 amide bonds. The van der Waals surface area contributed by atoms with Crippen molar-refractivity contribution in [3.63, 3.8) is 0 Å². The van der Waals surface area contributed by atoms with Gasteiger partial charge in [0.2, 0.25) is 65.0 Å². The number of ether oxygens (including phenoxy) is 2. The number of unbranched alkanes of at least 4 members (excludes halogenated alkanes) is 1. The molecular formula is C69H126N12O16. The van der Waals surface area contributed by atoms with E-state index in [9.17, 15) is 44.1 Å². The van der Waals surface area contributed by atoms with Crippen molar-refractivity contribution in [3.8, 4) is 0 Å². The summed E-state index contributed by atoms with van der Waals surface area (Å²) >= 11 is 0. The molecule has 2 aliphatic rings. The minimum absolute atomic E-state index is 0.0764. The SMILES string of the molecule is CC[C@@H]1NC(=O)[C@H]([C@H](O)[C@H](C)CC(O)C(C)O)N(C)C(=O)[C@H](C(C)C)N(C)C(=O)[C@H](CC(C)C)N(C)C(=O)[C@H](CC(C)C)N(C)C(=O)[C@@H](C)NC(=O)[C@H](C)NC(=O)[C@H](CC(C)C)N(C)C(=O)[C@H](C(C)C)NC(=O)[C@H]([C@@H](C)OCCCCN2CCOCC2)N(C)C(=O)[C@@H](C)N(C)C1=O. The average molecular weight is 1380 g/mol. The minimum Gasteiger partial charge on any atom is -0.391 e. The smallest absolute Gasteiger partial charge is 0.246 e. The molecule has 0 saturated carbocycles. The Morgan fingerprint density at radius 3 is 1.43 bits per heavy atom. The monoisotopic (exact) mass is 1380 g/mol. The quantitative estimate of drug-likeness (QED) is 0.0797. The molecule has 2 rings (SSSR count). The zero-order valence-electron chi connectivity index (χ0n) is 63.0. The van der Waals surface area contributed by atoms with Crippen LogP contribution in [0.2, 0.25) is 0 Å². The first kappa shape index (κ1) is 87.0. The van der Waals surface area contributed by atoms with Crippen molar-refractivity contribution in [3.05, 3.63) is 0 Å². The molecule has 97 heavy (non-hydrogen) atoms. The Morgan fingerprint density at radius 2 is 0.938 bits per heavy atom. The molecule has 7 N–H and O–H groups in total. The number of aliphatic hydroxyl groups is 3. The topological polar surface area (TPSA) is 341 Å². The molecule has 0 bridgehead atoms. The molecule has 2 aliphatic heterocycles. The summed E-state index contributed by atoms with van der Waals surface area (Å²) in [5.74, 6) is -11.1. The summed E-state index contributed by atoms with van der Waals surface area (Å²) in [5.41, 5.74) is 0. The van der Waals surface area contributed by atoms with E-state index in [4.69, 9.17) is 9.47 Å². The molecule has 2 saturated heterocycles. The summed E-state index contributed by atoms with van der Waals surface area (Å²) in [6, 6.07) is -14.8. The highest BCUT2D eigenvalue weighted by Gasteiger charge is 2.47. The summed E-state index contributed by atoms with van der Waals surface area (Å²) in [7, 11) is 9.63. The van der Waals surface area contributed by atoms with Gasteiger partial charge < -0.3 is 80.4 Å². The third-order valence-electron chi connectivity index (χ3n) is 19.0. The largest absolute Gasteiger partial charge is 0.391 e. The van der Waals surface area contributed by atoms with Gasteiger partial charge in [0.05, 0.1) is 37.6 Å². The lowest BCUT2D eigenvalue weighted by Crippen LogP contribution is -2.64. The van der Waals surface area contributed by atoms with Gasteiger partial charge >= 0.3 is 0 Å². The Hall–Kier alpha value is -6.07. The molecular weight excluding hydrogens is 1250 g/mol. The van der Waals surface area contributed by atoms with Gasteiger partial charge in [-0.25, -0.2) is 0 Å². The van der Waals surface area contributed by atoms with E-state index < -0.39 is 174 Å². The Balaban J connectivity index is 3.03. The first-order chi connectivity index (χ1) is 45.0. The number of aliphatic hydroxyl groups excluding tert-OH is 3. The molecule has 16 atom stereocenters. The van der Waals surface area contributed by atoms with Crippen LogP contribution < -0.4 is 21.3 Å². The highest BCUT2D eigenvalue weighted by molar-refractivity contribution is 6.00. The molecule has 0 aliphatic carbocycles. The molecule has 0 radical (unpaired) electrons. The highest BCUT2D eigenvalue weighted by atomic mass is 16.5. The fraction of sp³-hybridized carbons (Fsp3) is 0.841. The summed E-state index contributed by atoms with van der Waals surface area (Å²) in [6.07, 6.45) is -4.05. The predicted octanol–water partition coefficient (Wildman–Crippen LogP) is 1.29. The molecule has 0 aromatic rings. The number of amides is 11. The van der Waals surface area contributed by atoms with Crippen molar-refractivity contribution in [2.75, 3.05) is 88.8 Å². The van der Waals surface area contributed by atoms with Crippen molar-refractivity contribution in [2.45, 2.75) is 254 Å². The van der Waals surface area contributed by atoms with Gasteiger partial charge in [-0.2, -0.15) is 0 Å². The lowest BCUT2D eigenvalue weighted by Gasteiger charge is -2.42. The number of likely N-dealkylation sites (N-methyl/N-ethyl adjacent to an activating group) is 7. The molecule has 0 aromatic heterocycles. The maximum Gasteiger partial charge on any atom is 0.246 e. The van der Waals surface area contributed by atoms with Gasteiger partial charge in [-0.15, -0.1) is 0 Å². The molecule has 2 heterocycles. The van der Waals surface area contributed by atoms with Crippen LogP contribution in [0.15, 0.2) is 0 Å². The lowest BCUT2D eigenvalue weighted by atomic mass is 9.89. The van der Waals surface area contributed by atoms with Crippen LogP contribution in [0.5, 0.6) is 0 Å². The summed E-state index contributed by atoms with van der Waals surface area (Å²) in [4.78, 5) is 174. The number of nitrogens with one attached hydrogen (secondary N) is 4. The summed E-state index contributed by atoms with van der Waals surface area (Å²) < 4.78 is 11.8. The van der Waals surface area contributed by atoms with E-state index in [-0.39, 0.29) is 56.5 Å². The molecule has 0 spiro atoms. The second-order valence-corrected chi connectivity index (χ2v) is 29.2.